The van der Waals surface area contributed by atoms with Crippen LogP contribution in [0.25, 0.3) is 16.9 Å². The average Bonchev–Trinajstić information content (AvgIpc) is 3.27. The Morgan fingerprint density at radius 1 is 1.07 bits per heavy atom. The Hall–Kier alpha value is -3.38. The molecule has 3 heterocycles. The number of halogens is 4. The van der Waals surface area contributed by atoms with Gasteiger partial charge in [0.1, 0.15) is 11.5 Å². The summed E-state index contributed by atoms with van der Waals surface area (Å²) in [5.41, 5.74) is 5.35. The highest BCUT2D eigenvalue weighted by atomic mass is 19.4. The van der Waals surface area contributed by atoms with Gasteiger partial charge in [0.2, 0.25) is 0 Å². The topological polar surface area (TPSA) is 96.8 Å². The quantitative estimate of drug-likeness (QED) is 0.373. The molecular weight excluding hydrogens is 528 g/mol. The Bertz CT molecular complexity index is 1370. The highest BCUT2D eigenvalue weighted by Gasteiger charge is 2.56. The number of rotatable bonds is 3. The third kappa shape index (κ3) is 6.49. The van der Waals surface area contributed by atoms with Crippen LogP contribution in [0.5, 0.6) is 0 Å². The lowest BCUT2D eigenvalue weighted by atomic mass is 9.87. The van der Waals surface area contributed by atoms with Crippen LogP contribution in [0.3, 0.4) is 0 Å². The molecule has 1 aliphatic heterocycles. The Morgan fingerprint density at radius 2 is 1.68 bits per heavy atom. The molecule has 0 saturated carbocycles. The SMILES string of the molecule is CC(C)(C)c1cc(-c2ccc(F)cc2)nn2cc(C=O)nc12.CN1CCN(C(=O)C(C)(N)C(F)(F)F)CC1(C)C. The lowest BCUT2D eigenvalue weighted by Gasteiger charge is -2.47. The molecule has 3 aromatic rings. The summed E-state index contributed by atoms with van der Waals surface area (Å²) in [4.78, 5) is 30.4. The number of nitrogens with zero attached hydrogens (tertiary/aromatic N) is 5. The van der Waals surface area contributed by atoms with Crippen LogP contribution in [0, 0.1) is 5.82 Å². The summed E-state index contributed by atoms with van der Waals surface area (Å²) in [6.45, 7) is 11.8. The van der Waals surface area contributed by atoms with E-state index in [1.807, 2.05) is 31.9 Å². The Balaban J connectivity index is 0.000000226. The molecule has 0 aliphatic carbocycles. The van der Waals surface area contributed by atoms with E-state index in [0.717, 1.165) is 18.1 Å². The number of imidazole rings is 1. The number of hydrogen-bond donors (Lipinski definition) is 1. The summed E-state index contributed by atoms with van der Waals surface area (Å²) in [5, 5.41) is 4.49. The highest BCUT2D eigenvalue weighted by molar-refractivity contribution is 5.87. The highest BCUT2D eigenvalue weighted by Crippen LogP contribution is 2.32. The summed E-state index contributed by atoms with van der Waals surface area (Å²) in [7, 11) is 1.88. The number of benzene rings is 1. The molecule has 1 unspecified atom stereocenters. The summed E-state index contributed by atoms with van der Waals surface area (Å²) in [6, 6.07) is 8.14. The minimum atomic E-state index is -4.74. The lowest BCUT2D eigenvalue weighted by Crippen LogP contribution is -2.67. The van der Waals surface area contributed by atoms with Crippen molar-refractivity contribution in [1.29, 1.82) is 0 Å². The zero-order chi connectivity index (χ0) is 30.3. The van der Waals surface area contributed by atoms with Crippen molar-refractivity contribution >= 4 is 17.8 Å². The number of carbonyl (C=O) groups is 2. The normalized spacial score (nSPS) is 17.6. The maximum Gasteiger partial charge on any atom is 0.415 e. The second-order valence-corrected chi connectivity index (χ2v) is 11.9. The lowest BCUT2D eigenvalue weighted by molar-refractivity contribution is -0.195. The number of piperazine rings is 1. The van der Waals surface area contributed by atoms with Gasteiger partial charge in [0.05, 0.1) is 11.9 Å². The number of carbonyl (C=O) groups excluding carboxylic acids is 2. The van der Waals surface area contributed by atoms with Gasteiger partial charge in [-0.1, -0.05) is 20.8 Å². The maximum atomic E-state index is 13.1. The van der Waals surface area contributed by atoms with Crippen LogP contribution in [0.4, 0.5) is 17.6 Å². The second kappa shape index (κ2) is 10.9. The van der Waals surface area contributed by atoms with Crippen LogP contribution in [0.15, 0.2) is 36.5 Å². The molecule has 2 N–H and O–H groups in total. The molecule has 1 saturated heterocycles. The predicted molar refractivity (Wildman–Crippen MR) is 144 cm³/mol. The van der Waals surface area contributed by atoms with Gasteiger partial charge in [-0.25, -0.2) is 13.9 Å². The molecule has 40 heavy (non-hydrogen) atoms. The van der Waals surface area contributed by atoms with Crippen LogP contribution in [0.2, 0.25) is 0 Å². The molecule has 1 aliphatic rings. The van der Waals surface area contributed by atoms with Gasteiger partial charge in [-0.15, -0.1) is 0 Å². The second-order valence-electron chi connectivity index (χ2n) is 11.9. The van der Waals surface area contributed by atoms with E-state index in [-0.39, 0.29) is 29.9 Å². The first-order valence-electron chi connectivity index (χ1n) is 12.8. The van der Waals surface area contributed by atoms with Gasteiger partial charge in [-0.3, -0.25) is 14.5 Å². The third-order valence-electron chi connectivity index (χ3n) is 7.15. The Morgan fingerprint density at radius 3 is 2.17 bits per heavy atom. The zero-order valence-corrected chi connectivity index (χ0v) is 23.8. The minimum Gasteiger partial charge on any atom is -0.338 e. The minimum absolute atomic E-state index is 0.162. The number of aromatic nitrogens is 3. The van der Waals surface area contributed by atoms with Gasteiger partial charge in [0.25, 0.3) is 5.91 Å². The fourth-order valence-corrected chi connectivity index (χ4v) is 4.23. The van der Waals surface area contributed by atoms with E-state index in [1.165, 1.54) is 17.0 Å². The van der Waals surface area contributed by atoms with Gasteiger partial charge in [0.15, 0.2) is 17.5 Å². The van der Waals surface area contributed by atoms with E-state index in [9.17, 15) is 27.2 Å². The van der Waals surface area contributed by atoms with E-state index in [0.29, 0.717) is 29.9 Å². The molecule has 8 nitrogen and oxygen atoms in total. The van der Waals surface area contributed by atoms with Gasteiger partial charge >= 0.3 is 6.18 Å². The molecule has 1 atom stereocenters. The summed E-state index contributed by atoms with van der Waals surface area (Å²) in [5.74, 6) is -1.34. The molecule has 0 spiro atoms. The molecular formula is C28H36F4N6O2. The van der Waals surface area contributed by atoms with Crippen molar-refractivity contribution in [3.05, 3.63) is 53.6 Å². The van der Waals surface area contributed by atoms with Crippen LogP contribution in [-0.4, -0.2) is 80.5 Å². The van der Waals surface area contributed by atoms with Gasteiger partial charge in [-0.2, -0.15) is 18.3 Å². The van der Waals surface area contributed by atoms with Crippen molar-refractivity contribution in [3.63, 3.8) is 0 Å². The van der Waals surface area contributed by atoms with E-state index in [2.05, 4.69) is 30.9 Å². The molecule has 0 radical (unpaired) electrons. The van der Waals surface area contributed by atoms with E-state index in [4.69, 9.17) is 5.73 Å². The fraction of sp³-hybridized carbons (Fsp3) is 0.500. The Labute approximate surface area is 231 Å². The summed E-state index contributed by atoms with van der Waals surface area (Å²) >= 11 is 0. The van der Waals surface area contributed by atoms with Crippen molar-refractivity contribution in [3.8, 4) is 11.3 Å². The van der Waals surface area contributed by atoms with Crippen LogP contribution >= 0.6 is 0 Å². The van der Waals surface area contributed by atoms with Gasteiger partial charge < -0.3 is 10.6 Å². The van der Waals surface area contributed by atoms with Crippen molar-refractivity contribution in [2.45, 2.75) is 64.2 Å². The number of amides is 1. The molecule has 1 aromatic carbocycles. The van der Waals surface area contributed by atoms with Crippen molar-refractivity contribution in [2.75, 3.05) is 26.7 Å². The van der Waals surface area contributed by atoms with Crippen molar-refractivity contribution in [1.82, 2.24) is 24.4 Å². The number of hydrogen-bond acceptors (Lipinski definition) is 6. The largest absolute Gasteiger partial charge is 0.415 e. The number of alkyl halides is 3. The fourth-order valence-electron chi connectivity index (χ4n) is 4.23. The monoisotopic (exact) mass is 564 g/mol. The number of fused-ring (bicyclic) bond motifs is 1. The molecule has 1 amide bonds. The van der Waals surface area contributed by atoms with E-state index in [1.54, 1.807) is 22.8 Å². The van der Waals surface area contributed by atoms with Crippen LogP contribution < -0.4 is 5.73 Å². The maximum absolute atomic E-state index is 13.1. The molecule has 12 heteroatoms. The first kappa shape index (κ1) is 31.2. The van der Waals surface area contributed by atoms with Gasteiger partial charge in [0, 0.05) is 36.3 Å². The molecule has 4 rings (SSSR count). The van der Waals surface area contributed by atoms with Crippen LogP contribution in [0.1, 0.15) is 57.6 Å². The van der Waals surface area contributed by atoms with E-state index >= 15 is 0 Å². The molecule has 218 valence electrons. The summed E-state index contributed by atoms with van der Waals surface area (Å²) < 4.78 is 52.9. The number of nitrogens with two attached hydrogens (primary N) is 1. The van der Waals surface area contributed by atoms with Crippen LogP contribution in [-0.2, 0) is 10.2 Å². The smallest absolute Gasteiger partial charge is 0.338 e. The first-order valence-corrected chi connectivity index (χ1v) is 12.8. The number of likely N-dealkylation sites (N-methyl/N-ethyl adjacent to an activating group) is 1. The molecule has 2 aromatic heterocycles. The molecule has 1 fully saturated rings. The average molecular weight is 565 g/mol. The predicted octanol–water partition coefficient (Wildman–Crippen LogP) is 4.46. The Kier molecular flexibility index (Phi) is 8.48. The molecule has 0 bridgehead atoms. The standard InChI is InChI=1S/C17H16FN3O.C11H20F3N3O/c1-17(2,3)14-8-15(11-4-6-12(18)7-5-11)20-21-9-13(10-22)19-16(14)21;1-9(2)7-17(6-5-16(9)4)8(18)10(3,15)11(12,13)14/h4-10H,1-3H3;5-7,15H2,1-4H3. The third-order valence-corrected chi connectivity index (χ3v) is 7.15. The zero-order valence-electron chi connectivity index (χ0n) is 23.8. The summed E-state index contributed by atoms with van der Waals surface area (Å²) in [6.07, 6.45) is -2.43. The van der Waals surface area contributed by atoms with E-state index < -0.39 is 17.6 Å². The van der Waals surface area contributed by atoms with Crippen molar-refractivity contribution in [2.24, 2.45) is 5.73 Å². The van der Waals surface area contributed by atoms with Crippen molar-refractivity contribution < 1.29 is 27.2 Å². The number of aldehydes is 1. The van der Waals surface area contributed by atoms with Gasteiger partial charge in [-0.05, 0) is 63.6 Å². The first-order chi connectivity index (χ1) is 18.3.